The summed E-state index contributed by atoms with van der Waals surface area (Å²) < 4.78 is 62.1. The summed E-state index contributed by atoms with van der Waals surface area (Å²) >= 11 is 0. The van der Waals surface area contributed by atoms with Crippen LogP contribution in [0, 0.1) is 0 Å². The van der Waals surface area contributed by atoms with Gasteiger partial charge in [-0.15, -0.1) is 0 Å². The number of aromatic nitrogens is 3. The molecule has 0 amide bonds. The smallest absolute Gasteiger partial charge is 0.164 e. The van der Waals surface area contributed by atoms with Crippen LogP contribution in [0.4, 0.5) is 0 Å². The van der Waals surface area contributed by atoms with Gasteiger partial charge in [0.05, 0.1) is 9.60 Å². The molecule has 0 aliphatic rings. The summed E-state index contributed by atoms with van der Waals surface area (Å²) in [4.78, 5) is 15.3. The van der Waals surface area contributed by atoms with Crippen molar-refractivity contribution in [2.45, 2.75) is 0 Å². The Hall–Kier alpha value is -8.01. The highest BCUT2D eigenvalue weighted by Gasteiger charge is 2.17. The van der Waals surface area contributed by atoms with Crippen molar-refractivity contribution < 1.29 is 9.60 Å². The normalized spacial score (nSPS) is 13.0. The lowest BCUT2D eigenvalue weighted by Gasteiger charge is -2.14. The van der Waals surface area contributed by atoms with Gasteiger partial charge in [0.1, 0.15) is 0 Å². The maximum absolute atomic E-state index is 9.32. The fraction of sp³-hybridized carbons (Fsp3) is 0. The second kappa shape index (κ2) is 15.1. The first-order chi connectivity index (χ1) is 32.6. The standard InChI is InChI=1S/C57H37N3/c1-4-13-38(14-5-1)43-26-27-46-32-47(29-28-45(46)31-43)50-35-51(54-22-12-20-41-17-10-11-21-53(41)54)37-52(36-50)57-59-55(42-18-8-3-9-19-42)58-56(60-57)48-30-24-40-23-25-44(33-49(40)34-48)39-15-6-2-7-16-39/h1-37H/i10D,11D,12D,17D,20D,21D,22D. The molecule has 0 atom stereocenters. The topological polar surface area (TPSA) is 38.7 Å². The predicted molar refractivity (Wildman–Crippen MR) is 250 cm³/mol. The highest BCUT2D eigenvalue weighted by Crippen LogP contribution is 2.38. The van der Waals surface area contributed by atoms with Crippen molar-refractivity contribution in [1.82, 2.24) is 15.0 Å². The number of nitrogens with zero attached hydrogens (tertiary/aromatic N) is 3. The molecule has 11 rings (SSSR count). The van der Waals surface area contributed by atoms with Gasteiger partial charge in [-0.1, -0.05) is 182 Å². The summed E-state index contributed by atoms with van der Waals surface area (Å²) in [6.07, 6.45) is 0. The van der Waals surface area contributed by atoms with E-state index in [9.17, 15) is 1.37 Å². The van der Waals surface area contributed by atoms with Gasteiger partial charge >= 0.3 is 0 Å². The predicted octanol–water partition coefficient (Wildman–Crippen LogP) is 15.0. The molecule has 0 unspecified atom stereocenters. The van der Waals surface area contributed by atoms with Crippen LogP contribution in [-0.4, -0.2) is 15.0 Å². The molecule has 0 aliphatic heterocycles. The van der Waals surface area contributed by atoms with E-state index in [1.807, 2.05) is 91.0 Å². The molecule has 0 aliphatic carbocycles. The first kappa shape index (κ1) is 28.4. The van der Waals surface area contributed by atoms with Crippen LogP contribution in [-0.2, 0) is 0 Å². The van der Waals surface area contributed by atoms with Crippen LogP contribution >= 0.6 is 0 Å². The Balaban J connectivity index is 1.15. The minimum atomic E-state index is -0.508. The van der Waals surface area contributed by atoms with E-state index in [0.717, 1.165) is 66.1 Å². The first-order valence-electron chi connectivity index (χ1n) is 23.3. The van der Waals surface area contributed by atoms with Crippen LogP contribution in [0.25, 0.3) is 111 Å². The van der Waals surface area contributed by atoms with E-state index in [-0.39, 0.29) is 28.4 Å². The van der Waals surface area contributed by atoms with Crippen molar-refractivity contribution in [3.8, 4) is 78.7 Å². The largest absolute Gasteiger partial charge is 0.208 e. The van der Waals surface area contributed by atoms with Crippen molar-refractivity contribution in [2.75, 3.05) is 0 Å². The van der Waals surface area contributed by atoms with Crippen LogP contribution < -0.4 is 0 Å². The van der Waals surface area contributed by atoms with Crippen LogP contribution in [0.3, 0.4) is 0 Å². The molecular weight excluding hydrogens is 727 g/mol. The van der Waals surface area contributed by atoms with E-state index in [1.165, 1.54) is 0 Å². The number of rotatable bonds is 7. The molecule has 60 heavy (non-hydrogen) atoms. The average Bonchev–Trinajstić information content (AvgIpc) is 3.38. The molecule has 0 N–H and O–H groups in total. The Labute approximate surface area is 358 Å². The Kier molecular flexibility index (Phi) is 7.13. The Morgan fingerprint density at radius 2 is 0.717 bits per heavy atom. The van der Waals surface area contributed by atoms with Crippen molar-refractivity contribution in [3.05, 3.63) is 224 Å². The van der Waals surface area contributed by atoms with E-state index < -0.39 is 30.2 Å². The van der Waals surface area contributed by atoms with Crippen molar-refractivity contribution in [1.29, 1.82) is 0 Å². The average molecular weight is 771 g/mol. The van der Waals surface area contributed by atoms with Gasteiger partial charge in [0, 0.05) is 16.7 Å². The van der Waals surface area contributed by atoms with E-state index in [1.54, 1.807) is 6.07 Å². The molecule has 1 heterocycles. The Morgan fingerprint density at radius 1 is 0.267 bits per heavy atom. The summed E-state index contributed by atoms with van der Waals surface area (Å²) in [5.41, 5.74) is 8.58. The van der Waals surface area contributed by atoms with Crippen molar-refractivity contribution in [3.63, 3.8) is 0 Å². The number of hydrogen-bond donors (Lipinski definition) is 0. The Morgan fingerprint density at radius 3 is 1.37 bits per heavy atom. The maximum Gasteiger partial charge on any atom is 0.164 e. The van der Waals surface area contributed by atoms with Crippen LogP contribution in [0.2, 0.25) is 0 Å². The van der Waals surface area contributed by atoms with Gasteiger partial charge in [-0.25, -0.2) is 15.0 Å². The lowest BCUT2D eigenvalue weighted by atomic mass is 9.92. The van der Waals surface area contributed by atoms with Crippen LogP contribution in [0.15, 0.2) is 224 Å². The molecule has 280 valence electrons. The third-order valence-electron chi connectivity index (χ3n) is 10.9. The fourth-order valence-corrected chi connectivity index (χ4v) is 7.88. The molecular formula is C57H37N3. The third-order valence-corrected chi connectivity index (χ3v) is 10.9. The van der Waals surface area contributed by atoms with Gasteiger partial charge in [-0.2, -0.15) is 0 Å². The molecule has 0 radical (unpaired) electrons. The van der Waals surface area contributed by atoms with Gasteiger partial charge in [0.2, 0.25) is 0 Å². The highest BCUT2D eigenvalue weighted by molar-refractivity contribution is 5.99. The monoisotopic (exact) mass is 770 g/mol. The molecule has 1 aromatic heterocycles. The zero-order chi connectivity index (χ0) is 45.9. The molecule has 0 saturated carbocycles. The quantitative estimate of drug-likeness (QED) is 0.162. The third kappa shape index (κ3) is 6.78. The first-order valence-corrected chi connectivity index (χ1v) is 19.8. The molecule has 0 saturated heterocycles. The lowest BCUT2D eigenvalue weighted by Crippen LogP contribution is -2.00. The van der Waals surface area contributed by atoms with Crippen molar-refractivity contribution in [2.24, 2.45) is 0 Å². The van der Waals surface area contributed by atoms with E-state index in [0.29, 0.717) is 28.6 Å². The van der Waals surface area contributed by atoms with Gasteiger partial charge < -0.3 is 0 Å². The van der Waals surface area contributed by atoms with Crippen molar-refractivity contribution >= 4 is 32.3 Å². The molecule has 0 spiro atoms. The summed E-state index contributed by atoms with van der Waals surface area (Å²) in [5, 5.41) is 4.00. The second-order valence-electron chi connectivity index (χ2n) is 14.8. The van der Waals surface area contributed by atoms with Crippen LogP contribution in [0.1, 0.15) is 9.60 Å². The molecule has 11 aromatic rings. The molecule has 10 aromatic carbocycles. The Bertz CT molecular complexity index is 3760. The minimum absolute atomic E-state index is 0.000557. The van der Waals surface area contributed by atoms with E-state index >= 15 is 0 Å². The molecule has 0 fully saturated rings. The summed E-state index contributed by atoms with van der Waals surface area (Å²) in [6, 6.07) is 57.8. The molecule has 3 heteroatoms. The number of fused-ring (bicyclic) bond motifs is 3. The number of hydrogen-bond acceptors (Lipinski definition) is 3. The minimum Gasteiger partial charge on any atom is -0.208 e. The lowest BCUT2D eigenvalue weighted by molar-refractivity contribution is 1.07. The summed E-state index contributed by atoms with van der Waals surface area (Å²) in [5.74, 6) is 1.22. The fourth-order valence-electron chi connectivity index (χ4n) is 7.88. The number of benzene rings is 10. The van der Waals surface area contributed by atoms with Gasteiger partial charge in [-0.05, 0) is 119 Å². The highest BCUT2D eigenvalue weighted by atomic mass is 15.0. The van der Waals surface area contributed by atoms with E-state index in [2.05, 4.69) is 84.9 Å². The zero-order valence-electron chi connectivity index (χ0n) is 39.2. The molecule has 3 nitrogen and oxygen atoms in total. The zero-order valence-corrected chi connectivity index (χ0v) is 32.2. The van der Waals surface area contributed by atoms with Crippen LogP contribution in [0.5, 0.6) is 0 Å². The van der Waals surface area contributed by atoms with E-state index in [4.69, 9.17) is 23.2 Å². The van der Waals surface area contributed by atoms with Gasteiger partial charge in [-0.3, -0.25) is 0 Å². The van der Waals surface area contributed by atoms with Gasteiger partial charge in [0.15, 0.2) is 17.5 Å². The summed E-state index contributed by atoms with van der Waals surface area (Å²) in [6.45, 7) is 0. The van der Waals surface area contributed by atoms with Gasteiger partial charge in [0.25, 0.3) is 0 Å². The maximum atomic E-state index is 9.32. The second-order valence-corrected chi connectivity index (χ2v) is 14.8. The molecule has 0 bridgehead atoms. The SMILES string of the molecule is [2H]c1c([2H])c([2H])c2c(-c3cc(-c4ccc5cc(-c6ccccc6)ccc5c4)cc(-c4nc(-c5ccccc5)nc(-c5ccc6ccc(-c7ccccc7)cc6c5)n4)c3)c([2H])c([2H])c([2H])c2c1[2H]. The summed E-state index contributed by atoms with van der Waals surface area (Å²) in [7, 11) is 0.